The number of pyridine rings is 1. The Hall–Kier alpha value is -3.31. The lowest BCUT2D eigenvalue weighted by molar-refractivity contribution is 0.0746. The van der Waals surface area contributed by atoms with Crippen LogP contribution >= 0.6 is 11.6 Å². The lowest BCUT2D eigenvalue weighted by Crippen LogP contribution is -2.48. The third-order valence-corrected chi connectivity index (χ3v) is 6.18. The summed E-state index contributed by atoms with van der Waals surface area (Å²) in [6.45, 7) is 4.93. The minimum Gasteiger partial charge on any atom is -0.368 e. The number of piperazine rings is 1. The van der Waals surface area contributed by atoms with Crippen LogP contribution in [0.2, 0.25) is 5.02 Å². The standard InChI is InChI=1S/C25H23ClN4O/c1-18-22(11-12-30(18)24-10-9-19-5-2-3-8-23(19)27-24)25(31)29-15-13-28(14-16-29)21-7-4-6-20(26)17-21/h2-12,17H,13-16H2,1H3. The summed E-state index contributed by atoms with van der Waals surface area (Å²) in [6.07, 6.45) is 1.93. The van der Waals surface area contributed by atoms with Gasteiger partial charge in [0.2, 0.25) is 0 Å². The fourth-order valence-corrected chi connectivity index (χ4v) is 4.37. The molecule has 1 fully saturated rings. The molecule has 0 bridgehead atoms. The second-order valence-electron chi connectivity index (χ2n) is 7.81. The zero-order valence-electron chi connectivity index (χ0n) is 17.3. The molecule has 0 atom stereocenters. The van der Waals surface area contributed by atoms with Gasteiger partial charge in [-0.25, -0.2) is 4.98 Å². The first-order valence-electron chi connectivity index (χ1n) is 10.4. The van der Waals surface area contributed by atoms with Crippen molar-refractivity contribution in [3.63, 3.8) is 0 Å². The number of anilines is 1. The third-order valence-electron chi connectivity index (χ3n) is 5.94. The lowest BCUT2D eigenvalue weighted by atomic mass is 10.2. The molecular weight excluding hydrogens is 408 g/mol. The zero-order chi connectivity index (χ0) is 21.4. The van der Waals surface area contributed by atoms with Gasteiger partial charge in [-0.1, -0.05) is 35.9 Å². The van der Waals surface area contributed by atoms with E-state index in [0.717, 1.165) is 51.8 Å². The normalized spacial score (nSPS) is 14.3. The highest BCUT2D eigenvalue weighted by Crippen LogP contribution is 2.23. The van der Waals surface area contributed by atoms with E-state index in [1.807, 2.05) is 77.2 Å². The van der Waals surface area contributed by atoms with Gasteiger partial charge < -0.3 is 14.4 Å². The van der Waals surface area contributed by atoms with Gasteiger partial charge in [0.05, 0.1) is 11.1 Å². The van der Waals surface area contributed by atoms with Crippen LogP contribution in [-0.4, -0.2) is 46.5 Å². The molecule has 4 aromatic rings. The summed E-state index contributed by atoms with van der Waals surface area (Å²) in [5.41, 5.74) is 3.68. The second-order valence-corrected chi connectivity index (χ2v) is 8.24. The van der Waals surface area contributed by atoms with E-state index in [0.29, 0.717) is 13.1 Å². The number of para-hydroxylation sites is 1. The van der Waals surface area contributed by atoms with Crippen LogP contribution in [0.15, 0.2) is 72.9 Å². The maximum Gasteiger partial charge on any atom is 0.255 e. The van der Waals surface area contributed by atoms with Crippen molar-refractivity contribution < 1.29 is 4.79 Å². The Balaban J connectivity index is 1.33. The van der Waals surface area contributed by atoms with Crippen LogP contribution in [0.5, 0.6) is 0 Å². The van der Waals surface area contributed by atoms with Crippen LogP contribution in [0.1, 0.15) is 16.1 Å². The Morgan fingerprint density at radius 2 is 1.74 bits per heavy atom. The summed E-state index contributed by atoms with van der Waals surface area (Å²) in [7, 11) is 0. The average molecular weight is 431 g/mol. The van der Waals surface area contributed by atoms with Crippen LogP contribution in [0.3, 0.4) is 0 Å². The highest BCUT2D eigenvalue weighted by atomic mass is 35.5. The fraction of sp³-hybridized carbons (Fsp3) is 0.200. The summed E-state index contributed by atoms with van der Waals surface area (Å²) < 4.78 is 1.99. The first-order chi connectivity index (χ1) is 15.1. The number of benzene rings is 2. The van der Waals surface area contributed by atoms with Gasteiger partial charge in [-0.3, -0.25) is 4.79 Å². The molecule has 0 N–H and O–H groups in total. The number of halogens is 1. The van der Waals surface area contributed by atoms with Crippen LogP contribution in [0.25, 0.3) is 16.7 Å². The molecule has 1 saturated heterocycles. The van der Waals surface area contributed by atoms with Gasteiger partial charge in [-0.2, -0.15) is 0 Å². The van der Waals surface area contributed by atoms with E-state index in [-0.39, 0.29) is 5.91 Å². The maximum atomic E-state index is 13.2. The Kier molecular flexibility index (Phi) is 5.12. The van der Waals surface area contributed by atoms with Gasteiger partial charge in [0, 0.05) is 54.2 Å². The maximum absolute atomic E-state index is 13.2. The summed E-state index contributed by atoms with van der Waals surface area (Å²) in [6, 6.07) is 21.9. The topological polar surface area (TPSA) is 41.4 Å². The number of carbonyl (C=O) groups excluding carboxylic acids is 1. The molecule has 3 heterocycles. The van der Waals surface area contributed by atoms with Gasteiger partial charge in [-0.05, 0) is 49.4 Å². The summed E-state index contributed by atoms with van der Waals surface area (Å²) in [4.78, 5) is 22.2. The minimum atomic E-state index is 0.0720. The first kappa shape index (κ1) is 19.6. The van der Waals surface area contributed by atoms with Crippen molar-refractivity contribution in [1.82, 2.24) is 14.5 Å². The van der Waals surface area contributed by atoms with Crippen molar-refractivity contribution in [3.05, 3.63) is 89.2 Å². The molecule has 0 saturated carbocycles. The van der Waals surface area contributed by atoms with Gasteiger partial charge in [0.25, 0.3) is 5.91 Å². The van der Waals surface area contributed by atoms with Gasteiger partial charge in [-0.15, -0.1) is 0 Å². The Labute approximate surface area is 186 Å². The molecule has 31 heavy (non-hydrogen) atoms. The number of hydrogen-bond donors (Lipinski definition) is 0. The highest BCUT2D eigenvalue weighted by Gasteiger charge is 2.25. The number of aromatic nitrogens is 2. The predicted molar refractivity (Wildman–Crippen MR) is 125 cm³/mol. The van der Waals surface area contributed by atoms with E-state index < -0.39 is 0 Å². The molecule has 5 nitrogen and oxygen atoms in total. The Morgan fingerprint density at radius 3 is 2.55 bits per heavy atom. The number of hydrogen-bond acceptors (Lipinski definition) is 3. The van der Waals surface area contributed by atoms with E-state index in [4.69, 9.17) is 16.6 Å². The Morgan fingerprint density at radius 1 is 0.935 bits per heavy atom. The largest absolute Gasteiger partial charge is 0.368 e. The quantitative estimate of drug-likeness (QED) is 0.461. The molecule has 5 rings (SSSR count). The van der Waals surface area contributed by atoms with E-state index in [2.05, 4.69) is 17.0 Å². The molecule has 156 valence electrons. The molecule has 1 amide bonds. The minimum absolute atomic E-state index is 0.0720. The van der Waals surface area contributed by atoms with E-state index >= 15 is 0 Å². The number of rotatable bonds is 3. The van der Waals surface area contributed by atoms with Crippen molar-refractivity contribution in [2.24, 2.45) is 0 Å². The second kappa shape index (κ2) is 8.08. The van der Waals surface area contributed by atoms with E-state index in [9.17, 15) is 4.79 Å². The molecule has 2 aromatic heterocycles. The molecule has 1 aliphatic rings. The van der Waals surface area contributed by atoms with Crippen molar-refractivity contribution in [3.8, 4) is 5.82 Å². The van der Waals surface area contributed by atoms with Gasteiger partial charge in [0.1, 0.15) is 5.82 Å². The summed E-state index contributed by atoms with van der Waals surface area (Å²) >= 11 is 6.13. The van der Waals surface area contributed by atoms with E-state index in [1.165, 1.54) is 0 Å². The van der Waals surface area contributed by atoms with Gasteiger partial charge >= 0.3 is 0 Å². The number of carbonyl (C=O) groups is 1. The monoisotopic (exact) mass is 430 g/mol. The van der Waals surface area contributed by atoms with Crippen LogP contribution in [0, 0.1) is 6.92 Å². The van der Waals surface area contributed by atoms with Crippen molar-refractivity contribution in [2.45, 2.75) is 6.92 Å². The number of amides is 1. The molecule has 0 radical (unpaired) electrons. The fourth-order valence-electron chi connectivity index (χ4n) is 4.19. The van der Waals surface area contributed by atoms with Crippen molar-refractivity contribution in [2.75, 3.05) is 31.1 Å². The molecule has 0 spiro atoms. The summed E-state index contributed by atoms with van der Waals surface area (Å²) in [5.74, 6) is 0.892. The first-order valence-corrected chi connectivity index (χ1v) is 10.8. The van der Waals surface area contributed by atoms with Crippen molar-refractivity contribution >= 4 is 34.1 Å². The number of nitrogens with zero attached hydrogens (tertiary/aromatic N) is 4. The van der Waals surface area contributed by atoms with Crippen LogP contribution in [-0.2, 0) is 0 Å². The molecule has 6 heteroatoms. The Bertz CT molecular complexity index is 1260. The average Bonchev–Trinajstić information content (AvgIpc) is 3.19. The van der Waals surface area contributed by atoms with Crippen molar-refractivity contribution in [1.29, 1.82) is 0 Å². The molecule has 2 aromatic carbocycles. The van der Waals surface area contributed by atoms with Crippen LogP contribution < -0.4 is 4.90 Å². The van der Waals surface area contributed by atoms with Gasteiger partial charge in [0.15, 0.2) is 0 Å². The molecule has 1 aliphatic heterocycles. The van der Waals surface area contributed by atoms with Crippen LogP contribution in [0.4, 0.5) is 5.69 Å². The molecule has 0 aliphatic carbocycles. The zero-order valence-corrected chi connectivity index (χ0v) is 18.1. The highest BCUT2D eigenvalue weighted by molar-refractivity contribution is 6.30. The SMILES string of the molecule is Cc1c(C(=O)N2CCN(c3cccc(Cl)c3)CC2)ccn1-c1ccc2ccccc2n1. The summed E-state index contributed by atoms with van der Waals surface area (Å²) in [5, 5.41) is 1.83. The molecular formula is C25H23ClN4O. The van der Waals surface area contributed by atoms with E-state index in [1.54, 1.807) is 0 Å². The lowest BCUT2D eigenvalue weighted by Gasteiger charge is -2.36. The smallest absolute Gasteiger partial charge is 0.255 e. The third kappa shape index (κ3) is 3.77. The molecule has 0 unspecified atom stereocenters. The number of fused-ring (bicyclic) bond motifs is 1. The predicted octanol–water partition coefficient (Wildman–Crippen LogP) is 4.95.